The van der Waals surface area contributed by atoms with Gasteiger partial charge in [0.05, 0.1) is 0 Å². The Labute approximate surface area is 109 Å². The summed E-state index contributed by atoms with van der Waals surface area (Å²) in [6, 6.07) is 7.57. The highest BCUT2D eigenvalue weighted by molar-refractivity contribution is 5.75. The molecule has 0 saturated heterocycles. The molecule has 0 aliphatic carbocycles. The van der Waals surface area contributed by atoms with Crippen LogP contribution in [-0.4, -0.2) is 12.0 Å². The fourth-order valence-corrected chi connectivity index (χ4v) is 1.52. The molecule has 1 aromatic rings. The number of carbonyl (C=O) groups is 1. The third-order valence-electron chi connectivity index (χ3n) is 3.02. The monoisotopic (exact) mass is 249 g/mol. The molecule has 0 amide bonds. The smallest absolute Gasteiger partial charge is 0.323 e. The van der Waals surface area contributed by atoms with E-state index in [4.69, 9.17) is 10.5 Å². The standard InChI is InChI=1S/C15H23NO2/c1-10(2)13-7-5-12(6-8-13)9-18-15(17)14(16)11(3)4/h5-8,10-11,14H,9,16H2,1-4H3. The van der Waals surface area contributed by atoms with Crippen molar-refractivity contribution in [1.29, 1.82) is 0 Å². The molecule has 2 N–H and O–H groups in total. The van der Waals surface area contributed by atoms with Gasteiger partial charge < -0.3 is 10.5 Å². The van der Waals surface area contributed by atoms with Crippen LogP contribution in [0.2, 0.25) is 0 Å². The first-order chi connectivity index (χ1) is 8.41. The zero-order valence-corrected chi connectivity index (χ0v) is 11.6. The van der Waals surface area contributed by atoms with Gasteiger partial charge in [0.15, 0.2) is 0 Å². The summed E-state index contributed by atoms with van der Waals surface area (Å²) in [5.74, 6) is 0.273. The van der Waals surface area contributed by atoms with Crippen molar-refractivity contribution in [2.45, 2.75) is 46.3 Å². The van der Waals surface area contributed by atoms with E-state index in [2.05, 4.69) is 26.0 Å². The summed E-state index contributed by atoms with van der Waals surface area (Å²) < 4.78 is 5.19. The predicted octanol–water partition coefficient (Wildman–Crippen LogP) is 2.84. The van der Waals surface area contributed by atoms with Gasteiger partial charge in [-0.25, -0.2) is 0 Å². The van der Waals surface area contributed by atoms with E-state index in [1.807, 2.05) is 26.0 Å². The Hall–Kier alpha value is -1.35. The van der Waals surface area contributed by atoms with Crippen LogP contribution in [-0.2, 0) is 16.1 Å². The molecule has 0 saturated carbocycles. The Kier molecular flexibility index (Phi) is 5.35. The molecule has 0 heterocycles. The summed E-state index contributed by atoms with van der Waals surface area (Å²) in [7, 11) is 0. The number of hydrogen-bond acceptors (Lipinski definition) is 3. The second kappa shape index (κ2) is 6.55. The molecule has 0 bridgehead atoms. The van der Waals surface area contributed by atoms with Gasteiger partial charge in [-0.05, 0) is 23.0 Å². The van der Waals surface area contributed by atoms with Gasteiger partial charge >= 0.3 is 5.97 Å². The highest BCUT2D eigenvalue weighted by Gasteiger charge is 2.18. The van der Waals surface area contributed by atoms with Crippen LogP contribution in [0.5, 0.6) is 0 Å². The zero-order valence-electron chi connectivity index (χ0n) is 11.6. The third kappa shape index (κ3) is 4.15. The number of esters is 1. The normalized spacial score (nSPS) is 12.8. The van der Waals surface area contributed by atoms with Crippen molar-refractivity contribution in [2.75, 3.05) is 0 Å². The van der Waals surface area contributed by atoms with Gasteiger partial charge in [0, 0.05) is 0 Å². The van der Waals surface area contributed by atoms with E-state index in [1.165, 1.54) is 5.56 Å². The Morgan fingerprint density at radius 1 is 1.17 bits per heavy atom. The molecule has 0 radical (unpaired) electrons. The summed E-state index contributed by atoms with van der Waals surface area (Å²) in [5, 5.41) is 0. The molecule has 1 rings (SSSR count). The van der Waals surface area contributed by atoms with Crippen molar-refractivity contribution in [3.05, 3.63) is 35.4 Å². The lowest BCUT2D eigenvalue weighted by Crippen LogP contribution is -2.36. The molecule has 3 nitrogen and oxygen atoms in total. The van der Waals surface area contributed by atoms with Crippen molar-refractivity contribution in [3.8, 4) is 0 Å². The van der Waals surface area contributed by atoms with Crippen LogP contribution in [0.4, 0.5) is 0 Å². The average Bonchev–Trinajstić information content (AvgIpc) is 2.35. The topological polar surface area (TPSA) is 52.3 Å². The molecule has 3 heteroatoms. The molecule has 1 aromatic carbocycles. The van der Waals surface area contributed by atoms with Crippen molar-refractivity contribution in [2.24, 2.45) is 11.7 Å². The molecular weight excluding hydrogens is 226 g/mol. The summed E-state index contributed by atoms with van der Waals surface area (Å²) >= 11 is 0. The maximum Gasteiger partial charge on any atom is 0.323 e. The number of ether oxygens (including phenoxy) is 1. The summed E-state index contributed by atoms with van der Waals surface area (Å²) in [6.07, 6.45) is 0. The molecular formula is C15H23NO2. The lowest BCUT2D eigenvalue weighted by atomic mass is 10.0. The average molecular weight is 249 g/mol. The third-order valence-corrected chi connectivity index (χ3v) is 3.02. The maximum atomic E-state index is 11.6. The fraction of sp³-hybridized carbons (Fsp3) is 0.533. The van der Waals surface area contributed by atoms with Crippen LogP contribution in [0, 0.1) is 5.92 Å². The molecule has 0 aliphatic heterocycles. The van der Waals surface area contributed by atoms with E-state index in [9.17, 15) is 4.79 Å². The van der Waals surface area contributed by atoms with E-state index in [-0.39, 0.29) is 18.5 Å². The Balaban J connectivity index is 2.51. The molecule has 0 spiro atoms. The summed E-state index contributed by atoms with van der Waals surface area (Å²) in [6.45, 7) is 8.40. The SMILES string of the molecule is CC(C)c1ccc(COC(=O)C(N)C(C)C)cc1. The minimum absolute atomic E-state index is 0.0980. The Bertz CT molecular complexity index is 382. The van der Waals surface area contributed by atoms with Crippen LogP contribution >= 0.6 is 0 Å². The van der Waals surface area contributed by atoms with Gasteiger partial charge in [0.2, 0.25) is 0 Å². The quantitative estimate of drug-likeness (QED) is 0.816. The Morgan fingerprint density at radius 3 is 2.17 bits per heavy atom. The van der Waals surface area contributed by atoms with Crippen molar-refractivity contribution in [3.63, 3.8) is 0 Å². The van der Waals surface area contributed by atoms with Crippen LogP contribution < -0.4 is 5.73 Å². The minimum atomic E-state index is -0.542. The van der Waals surface area contributed by atoms with Crippen LogP contribution in [0.15, 0.2) is 24.3 Å². The van der Waals surface area contributed by atoms with Crippen LogP contribution in [0.25, 0.3) is 0 Å². The molecule has 1 unspecified atom stereocenters. The molecule has 0 fully saturated rings. The van der Waals surface area contributed by atoms with E-state index in [0.29, 0.717) is 5.92 Å². The number of benzene rings is 1. The number of carbonyl (C=O) groups excluding carboxylic acids is 1. The lowest BCUT2D eigenvalue weighted by molar-refractivity contribution is -0.147. The van der Waals surface area contributed by atoms with Gasteiger partial charge in [0.1, 0.15) is 12.6 Å². The zero-order chi connectivity index (χ0) is 13.7. The molecule has 0 aromatic heterocycles. The number of rotatable bonds is 5. The van der Waals surface area contributed by atoms with E-state index >= 15 is 0 Å². The molecule has 100 valence electrons. The van der Waals surface area contributed by atoms with Gasteiger partial charge in [-0.1, -0.05) is 52.0 Å². The van der Waals surface area contributed by atoms with Crippen molar-refractivity contribution in [1.82, 2.24) is 0 Å². The summed E-state index contributed by atoms with van der Waals surface area (Å²) in [5.41, 5.74) is 7.98. The number of nitrogens with two attached hydrogens (primary N) is 1. The lowest BCUT2D eigenvalue weighted by Gasteiger charge is -2.14. The minimum Gasteiger partial charge on any atom is -0.460 e. The van der Waals surface area contributed by atoms with Crippen molar-refractivity contribution < 1.29 is 9.53 Å². The highest BCUT2D eigenvalue weighted by Crippen LogP contribution is 2.15. The van der Waals surface area contributed by atoms with E-state index < -0.39 is 6.04 Å². The van der Waals surface area contributed by atoms with Gasteiger partial charge in [-0.15, -0.1) is 0 Å². The first-order valence-electron chi connectivity index (χ1n) is 6.43. The molecule has 0 aliphatic rings. The van der Waals surface area contributed by atoms with E-state index in [1.54, 1.807) is 0 Å². The summed E-state index contributed by atoms with van der Waals surface area (Å²) in [4.78, 5) is 11.6. The fourth-order valence-electron chi connectivity index (χ4n) is 1.52. The first kappa shape index (κ1) is 14.7. The first-order valence-corrected chi connectivity index (χ1v) is 6.43. The van der Waals surface area contributed by atoms with Crippen molar-refractivity contribution >= 4 is 5.97 Å². The molecule has 1 atom stereocenters. The van der Waals surface area contributed by atoms with Gasteiger partial charge in [-0.3, -0.25) is 4.79 Å². The predicted molar refractivity (Wildman–Crippen MR) is 73.1 cm³/mol. The number of hydrogen-bond donors (Lipinski definition) is 1. The second-order valence-corrected chi connectivity index (χ2v) is 5.27. The van der Waals surface area contributed by atoms with E-state index in [0.717, 1.165) is 5.56 Å². The highest BCUT2D eigenvalue weighted by atomic mass is 16.5. The maximum absolute atomic E-state index is 11.6. The Morgan fingerprint density at radius 2 is 1.72 bits per heavy atom. The molecule has 18 heavy (non-hydrogen) atoms. The van der Waals surface area contributed by atoms with Crippen LogP contribution in [0.3, 0.4) is 0 Å². The van der Waals surface area contributed by atoms with Gasteiger partial charge in [-0.2, -0.15) is 0 Å². The largest absolute Gasteiger partial charge is 0.460 e. The van der Waals surface area contributed by atoms with Gasteiger partial charge in [0.25, 0.3) is 0 Å². The second-order valence-electron chi connectivity index (χ2n) is 5.27. The van der Waals surface area contributed by atoms with Crippen LogP contribution in [0.1, 0.15) is 44.7 Å².